The largest absolute Gasteiger partial charge is 0.398 e. The molecular formula is C14H10ClFN2O2S. The lowest BCUT2D eigenvalue weighted by atomic mass is 10.1. The van der Waals surface area contributed by atoms with Crippen LogP contribution in [0.15, 0.2) is 41.3 Å². The van der Waals surface area contributed by atoms with Gasteiger partial charge in [0.15, 0.2) is 9.84 Å². The van der Waals surface area contributed by atoms with E-state index in [0.29, 0.717) is 0 Å². The molecule has 0 aliphatic carbocycles. The zero-order chi connectivity index (χ0) is 15.6. The van der Waals surface area contributed by atoms with Crippen LogP contribution in [-0.4, -0.2) is 8.42 Å². The number of halogens is 2. The highest BCUT2D eigenvalue weighted by Crippen LogP contribution is 2.26. The summed E-state index contributed by atoms with van der Waals surface area (Å²) in [5.74, 6) is -1.29. The Bertz CT molecular complexity index is 845. The summed E-state index contributed by atoms with van der Waals surface area (Å²) >= 11 is 5.77. The molecule has 0 bridgehead atoms. The van der Waals surface area contributed by atoms with E-state index in [0.717, 1.165) is 6.07 Å². The van der Waals surface area contributed by atoms with Gasteiger partial charge in [0.25, 0.3) is 0 Å². The number of hydrogen-bond donors (Lipinski definition) is 1. The van der Waals surface area contributed by atoms with Gasteiger partial charge in [-0.1, -0.05) is 11.6 Å². The van der Waals surface area contributed by atoms with E-state index in [1.807, 2.05) is 6.07 Å². The van der Waals surface area contributed by atoms with Crippen molar-refractivity contribution in [1.29, 1.82) is 5.26 Å². The van der Waals surface area contributed by atoms with E-state index < -0.39 is 21.4 Å². The summed E-state index contributed by atoms with van der Waals surface area (Å²) in [6, 6.07) is 9.43. The monoisotopic (exact) mass is 324 g/mol. The highest BCUT2D eigenvalue weighted by atomic mass is 35.5. The Hall–Kier alpha value is -2.10. The summed E-state index contributed by atoms with van der Waals surface area (Å²) in [5, 5.41) is 9.01. The quantitative estimate of drug-likeness (QED) is 0.880. The van der Waals surface area contributed by atoms with Gasteiger partial charge in [0, 0.05) is 10.6 Å². The average molecular weight is 325 g/mol. The molecule has 2 aromatic carbocycles. The van der Waals surface area contributed by atoms with Gasteiger partial charge >= 0.3 is 0 Å². The maximum Gasteiger partial charge on any atom is 0.184 e. The average Bonchev–Trinajstić information content (AvgIpc) is 2.43. The molecule has 21 heavy (non-hydrogen) atoms. The molecule has 0 heterocycles. The van der Waals surface area contributed by atoms with Gasteiger partial charge in [-0.05, 0) is 36.4 Å². The second kappa shape index (κ2) is 5.72. The second-order valence-corrected chi connectivity index (χ2v) is 6.75. The maximum absolute atomic E-state index is 13.7. The number of nitriles is 1. The molecule has 2 aromatic rings. The number of benzene rings is 2. The molecule has 0 saturated heterocycles. The van der Waals surface area contributed by atoms with Crippen molar-refractivity contribution in [3.63, 3.8) is 0 Å². The molecule has 0 aliphatic heterocycles. The lowest BCUT2D eigenvalue weighted by molar-refractivity contribution is 0.587. The first-order chi connectivity index (χ1) is 9.83. The Morgan fingerprint density at radius 2 is 1.95 bits per heavy atom. The number of anilines is 1. The van der Waals surface area contributed by atoms with Crippen molar-refractivity contribution in [2.24, 2.45) is 0 Å². The van der Waals surface area contributed by atoms with Crippen LogP contribution in [0.4, 0.5) is 10.1 Å². The van der Waals surface area contributed by atoms with Gasteiger partial charge in [0.05, 0.1) is 28.0 Å². The smallest absolute Gasteiger partial charge is 0.184 e. The second-order valence-electron chi connectivity index (χ2n) is 4.36. The third kappa shape index (κ3) is 3.32. The highest BCUT2D eigenvalue weighted by Gasteiger charge is 2.21. The number of nitrogens with two attached hydrogens (primary N) is 1. The maximum atomic E-state index is 13.7. The highest BCUT2D eigenvalue weighted by molar-refractivity contribution is 7.90. The molecule has 0 aromatic heterocycles. The van der Waals surface area contributed by atoms with Gasteiger partial charge in [-0.2, -0.15) is 5.26 Å². The normalized spacial score (nSPS) is 11.1. The van der Waals surface area contributed by atoms with E-state index in [1.54, 1.807) is 0 Å². The SMILES string of the molecule is N#Cc1ccc(F)c(CS(=O)(=O)c2cc(Cl)ccc2N)c1. The Balaban J connectivity index is 2.47. The fourth-order valence-electron chi connectivity index (χ4n) is 1.81. The van der Waals surface area contributed by atoms with Crippen molar-refractivity contribution in [2.45, 2.75) is 10.6 Å². The molecule has 0 fully saturated rings. The van der Waals surface area contributed by atoms with Crippen LogP contribution in [0, 0.1) is 17.1 Å². The van der Waals surface area contributed by atoms with Crippen LogP contribution in [0.25, 0.3) is 0 Å². The van der Waals surface area contributed by atoms with E-state index in [2.05, 4.69) is 0 Å². The van der Waals surface area contributed by atoms with E-state index in [9.17, 15) is 12.8 Å². The van der Waals surface area contributed by atoms with Crippen LogP contribution in [-0.2, 0) is 15.6 Å². The van der Waals surface area contributed by atoms with Crippen LogP contribution in [0.1, 0.15) is 11.1 Å². The molecule has 0 amide bonds. The first kappa shape index (κ1) is 15.3. The molecule has 0 unspecified atom stereocenters. The van der Waals surface area contributed by atoms with Gasteiger partial charge < -0.3 is 5.73 Å². The van der Waals surface area contributed by atoms with Crippen LogP contribution in [0.2, 0.25) is 5.02 Å². The van der Waals surface area contributed by atoms with Gasteiger partial charge in [0.2, 0.25) is 0 Å². The summed E-state index contributed by atoms with van der Waals surface area (Å²) in [4.78, 5) is -0.156. The van der Waals surface area contributed by atoms with Gasteiger partial charge in [-0.25, -0.2) is 12.8 Å². The number of hydrogen-bond acceptors (Lipinski definition) is 4. The number of sulfone groups is 1. The van der Waals surface area contributed by atoms with E-state index in [-0.39, 0.29) is 26.7 Å². The summed E-state index contributed by atoms with van der Waals surface area (Å²) in [6.45, 7) is 0. The van der Waals surface area contributed by atoms with Crippen molar-refractivity contribution < 1.29 is 12.8 Å². The fraction of sp³-hybridized carbons (Fsp3) is 0.0714. The molecule has 7 heteroatoms. The predicted molar refractivity (Wildman–Crippen MR) is 77.9 cm³/mol. The van der Waals surface area contributed by atoms with E-state index >= 15 is 0 Å². The molecule has 108 valence electrons. The number of nitrogens with zero attached hydrogens (tertiary/aromatic N) is 1. The summed E-state index contributed by atoms with van der Waals surface area (Å²) in [6.07, 6.45) is 0. The molecule has 2 N–H and O–H groups in total. The third-order valence-corrected chi connectivity index (χ3v) is 4.78. The first-order valence-corrected chi connectivity index (χ1v) is 7.83. The van der Waals surface area contributed by atoms with Gasteiger partial charge in [0.1, 0.15) is 5.82 Å². The van der Waals surface area contributed by atoms with Crippen molar-refractivity contribution in [1.82, 2.24) is 0 Å². The summed E-state index contributed by atoms with van der Waals surface area (Å²) in [5.41, 5.74) is 5.77. The first-order valence-electron chi connectivity index (χ1n) is 5.80. The molecular weight excluding hydrogens is 315 g/mol. The van der Waals surface area contributed by atoms with Gasteiger partial charge in [-0.3, -0.25) is 0 Å². The Morgan fingerprint density at radius 1 is 1.24 bits per heavy atom. The molecule has 0 atom stereocenters. The molecule has 0 spiro atoms. The van der Waals surface area contributed by atoms with Crippen molar-refractivity contribution in [2.75, 3.05) is 5.73 Å². The van der Waals surface area contributed by atoms with Crippen molar-refractivity contribution in [3.05, 3.63) is 58.4 Å². The Morgan fingerprint density at radius 3 is 2.62 bits per heavy atom. The predicted octanol–water partition coefficient (Wildman–Crippen LogP) is 2.91. The van der Waals surface area contributed by atoms with Crippen molar-refractivity contribution in [3.8, 4) is 6.07 Å². The van der Waals surface area contributed by atoms with Crippen LogP contribution in [0.5, 0.6) is 0 Å². The molecule has 0 saturated carbocycles. The van der Waals surface area contributed by atoms with Crippen LogP contribution >= 0.6 is 11.6 Å². The molecule has 0 radical (unpaired) electrons. The minimum atomic E-state index is -3.87. The lowest BCUT2D eigenvalue weighted by Crippen LogP contribution is -2.09. The Kier molecular flexibility index (Phi) is 4.16. The van der Waals surface area contributed by atoms with Gasteiger partial charge in [-0.15, -0.1) is 0 Å². The zero-order valence-electron chi connectivity index (χ0n) is 10.7. The number of nitrogen functional groups attached to an aromatic ring is 1. The Labute approximate surface area is 126 Å². The van der Waals surface area contributed by atoms with E-state index in [4.69, 9.17) is 22.6 Å². The van der Waals surface area contributed by atoms with Crippen molar-refractivity contribution >= 4 is 27.1 Å². The van der Waals surface area contributed by atoms with Crippen LogP contribution in [0.3, 0.4) is 0 Å². The molecule has 4 nitrogen and oxygen atoms in total. The summed E-state index contributed by atoms with van der Waals surface area (Å²) < 4.78 is 38.4. The zero-order valence-corrected chi connectivity index (χ0v) is 12.2. The third-order valence-electron chi connectivity index (χ3n) is 2.83. The van der Waals surface area contributed by atoms with Crippen LogP contribution < -0.4 is 5.73 Å². The summed E-state index contributed by atoms with van der Waals surface area (Å²) in [7, 11) is -3.87. The minimum absolute atomic E-state index is 0.0382. The van der Waals surface area contributed by atoms with E-state index in [1.165, 1.54) is 30.3 Å². The fourth-order valence-corrected chi connectivity index (χ4v) is 3.57. The molecule has 2 rings (SSSR count). The molecule has 0 aliphatic rings. The number of rotatable bonds is 3. The topological polar surface area (TPSA) is 84.0 Å². The standard InChI is InChI=1S/C14H10ClFN2O2S/c15-11-2-4-13(18)14(6-11)21(19,20)8-10-5-9(7-17)1-3-12(10)16/h1-6H,8,18H2. The lowest BCUT2D eigenvalue weighted by Gasteiger charge is -2.09. The minimum Gasteiger partial charge on any atom is -0.398 e.